The molecule has 6 heteroatoms. The third-order valence-corrected chi connectivity index (χ3v) is 3.11. The predicted octanol–water partition coefficient (Wildman–Crippen LogP) is 2.17. The van der Waals surface area contributed by atoms with Gasteiger partial charge in [-0.05, 0) is 13.3 Å². The molecule has 16 heavy (non-hydrogen) atoms. The Morgan fingerprint density at radius 2 is 2.38 bits per heavy atom. The van der Waals surface area contributed by atoms with Crippen LogP contribution in [0.15, 0.2) is 16.2 Å². The van der Waals surface area contributed by atoms with E-state index in [2.05, 4.69) is 22.0 Å². The third kappa shape index (κ3) is 2.12. The lowest BCUT2D eigenvalue weighted by Gasteiger charge is -2.18. The molecule has 0 fully saturated rings. The molecular weight excluding hydrogens is 224 g/mol. The number of nitrogens with zero attached hydrogens (tertiary/aromatic N) is 3. The molecule has 0 aliphatic rings. The Labute approximate surface area is 97.7 Å². The first-order valence-electron chi connectivity index (χ1n) is 5.15. The molecule has 0 amide bonds. The minimum absolute atomic E-state index is 0.484. The van der Waals surface area contributed by atoms with Crippen molar-refractivity contribution < 1.29 is 4.52 Å². The Morgan fingerprint density at radius 1 is 1.56 bits per heavy atom. The maximum Gasteiger partial charge on any atom is 0.246 e. The van der Waals surface area contributed by atoms with Crippen molar-refractivity contribution in [2.75, 3.05) is 0 Å². The summed E-state index contributed by atoms with van der Waals surface area (Å²) in [5, 5.41) is 3.91. The molecule has 2 aromatic heterocycles. The lowest BCUT2D eigenvalue weighted by Crippen LogP contribution is -2.33. The van der Waals surface area contributed by atoms with Crippen molar-refractivity contribution in [2.45, 2.75) is 32.2 Å². The molecule has 2 rings (SSSR count). The van der Waals surface area contributed by atoms with Crippen molar-refractivity contribution >= 4 is 11.3 Å². The highest BCUT2D eigenvalue weighted by molar-refractivity contribution is 7.13. The van der Waals surface area contributed by atoms with Crippen LogP contribution in [-0.2, 0) is 5.54 Å². The van der Waals surface area contributed by atoms with Crippen molar-refractivity contribution in [3.05, 3.63) is 17.6 Å². The number of aromatic nitrogens is 3. The van der Waals surface area contributed by atoms with Gasteiger partial charge in [-0.3, -0.25) is 4.98 Å². The first-order chi connectivity index (χ1) is 7.63. The molecule has 0 aliphatic carbocycles. The van der Waals surface area contributed by atoms with E-state index < -0.39 is 5.54 Å². The van der Waals surface area contributed by atoms with Gasteiger partial charge < -0.3 is 10.3 Å². The monoisotopic (exact) mass is 238 g/mol. The average molecular weight is 238 g/mol. The number of nitrogens with two attached hydrogens (primary N) is 1. The molecule has 0 radical (unpaired) electrons. The Morgan fingerprint density at radius 3 is 3.00 bits per heavy atom. The third-order valence-electron chi connectivity index (χ3n) is 2.34. The van der Waals surface area contributed by atoms with E-state index in [1.54, 1.807) is 11.7 Å². The number of hydrogen-bond acceptors (Lipinski definition) is 6. The van der Waals surface area contributed by atoms with Crippen LogP contribution in [0.2, 0.25) is 0 Å². The van der Waals surface area contributed by atoms with Gasteiger partial charge in [0.1, 0.15) is 0 Å². The zero-order valence-electron chi connectivity index (χ0n) is 9.30. The van der Waals surface area contributed by atoms with E-state index in [0.717, 1.165) is 17.7 Å². The summed E-state index contributed by atoms with van der Waals surface area (Å²) >= 11 is 1.48. The summed E-state index contributed by atoms with van der Waals surface area (Å²) in [5.41, 5.74) is 7.29. The first kappa shape index (κ1) is 11.2. The van der Waals surface area contributed by atoms with Crippen LogP contribution in [0.1, 0.15) is 32.6 Å². The summed E-state index contributed by atoms with van der Waals surface area (Å²) in [6.07, 6.45) is 3.51. The fourth-order valence-corrected chi connectivity index (χ4v) is 2.05. The van der Waals surface area contributed by atoms with Gasteiger partial charge in [0, 0.05) is 6.20 Å². The van der Waals surface area contributed by atoms with Crippen molar-refractivity contribution in [3.8, 4) is 10.7 Å². The van der Waals surface area contributed by atoms with Gasteiger partial charge in [-0.15, -0.1) is 11.3 Å². The second-order valence-electron chi connectivity index (χ2n) is 3.96. The summed E-state index contributed by atoms with van der Waals surface area (Å²) in [6, 6.07) is 0. The molecule has 0 saturated heterocycles. The van der Waals surface area contributed by atoms with E-state index in [1.165, 1.54) is 11.3 Å². The van der Waals surface area contributed by atoms with E-state index in [4.69, 9.17) is 10.3 Å². The Bertz CT molecular complexity index is 449. The standard InChI is InChI=1S/C10H14N4OS/c1-3-4-10(2,11)9-13-8(14-15-9)7-5-12-6-16-7/h5-6H,3-4,11H2,1-2H3. The van der Waals surface area contributed by atoms with Gasteiger partial charge in [0.15, 0.2) is 0 Å². The van der Waals surface area contributed by atoms with Crippen LogP contribution in [-0.4, -0.2) is 15.1 Å². The second kappa shape index (κ2) is 4.31. The van der Waals surface area contributed by atoms with Gasteiger partial charge in [-0.25, -0.2) is 0 Å². The Balaban J connectivity index is 2.26. The highest BCUT2D eigenvalue weighted by Crippen LogP contribution is 2.25. The summed E-state index contributed by atoms with van der Waals surface area (Å²) in [7, 11) is 0. The molecule has 2 heterocycles. The van der Waals surface area contributed by atoms with Crippen LogP contribution in [0.25, 0.3) is 10.7 Å². The minimum Gasteiger partial charge on any atom is -0.337 e. The Kier molecular flexibility index (Phi) is 3.02. The normalized spacial score (nSPS) is 14.9. The van der Waals surface area contributed by atoms with Gasteiger partial charge in [0.05, 0.1) is 15.9 Å². The lowest BCUT2D eigenvalue weighted by atomic mass is 9.98. The van der Waals surface area contributed by atoms with E-state index in [0.29, 0.717) is 11.7 Å². The van der Waals surface area contributed by atoms with Crippen molar-refractivity contribution in [1.82, 2.24) is 15.1 Å². The molecule has 1 unspecified atom stereocenters. The van der Waals surface area contributed by atoms with Crippen LogP contribution in [0.4, 0.5) is 0 Å². The minimum atomic E-state index is -0.551. The largest absolute Gasteiger partial charge is 0.337 e. The van der Waals surface area contributed by atoms with Crippen LogP contribution in [0, 0.1) is 0 Å². The van der Waals surface area contributed by atoms with E-state index in [9.17, 15) is 0 Å². The van der Waals surface area contributed by atoms with Gasteiger partial charge in [-0.2, -0.15) is 4.98 Å². The van der Waals surface area contributed by atoms with Gasteiger partial charge in [-0.1, -0.05) is 18.5 Å². The summed E-state index contributed by atoms with van der Waals surface area (Å²) in [4.78, 5) is 9.17. The van der Waals surface area contributed by atoms with Gasteiger partial charge >= 0.3 is 0 Å². The van der Waals surface area contributed by atoms with Crippen molar-refractivity contribution in [1.29, 1.82) is 0 Å². The van der Waals surface area contributed by atoms with Gasteiger partial charge in [0.25, 0.3) is 0 Å². The fraction of sp³-hybridized carbons (Fsp3) is 0.500. The molecule has 5 nitrogen and oxygen atoms in total. The molecule has 0 bridgehead atoms. The predicted molar refractivity (Wildman–Crippen MR) is 61.9 cm³/mol. The van der Waals surface area contributed by atoms with Crippen LogP contribution in [0.5, 0.6) is 0 Å². The molecular formula is C10H14N4OS. The second-order valence-corrected chi connectivity index (χ2v) is 4.84. The molecule has 0 aliphatic heterocycles. The number of rotatable bonds is 4. The topological polar surface area (TPSA) is 77.8 Å². The number of thiazole rings is 1. The fourth-order valence-electron chi connectivity index (χ4n) is 1.51. The van der Waals surface area contributed by atoms with E-state index >= 15 is 0 Å². The number of hydrogen-bond donors (Lipinski definition) is 1. The highest BCUT2D eigenvalue weighted by atomic mass is 32.1. The molecule has 1 atom stereocenters. The molecule has 0 spiro atoms. The van der Waals surface area contributed by atoms with Crippen molar-refractivity contribution in [2.24, 2.45) is 5.73 Å². The average Bonchev–Trinajstić information content (AvgIpc) is 2.89. The Hall–Kier alpha value is -1.27. The van der Waals surface area contributed by atoms with Crippen LogP contribution >= 0.6 is 11.3 Å². The summed E-state index contributed by atoms with van der Waals surface area (Å²) < 4.78 is 5.20. The zero-order valence-corrected chi connectivity index (χ0v) is 10.1. The van der Waals surface area contributed by atoms with E-state index in [-0.39, 0.29) is 0 Å². The molecule has 2 aromatic rings. The first-order valence-corrected chi connectivity index (χ1v) is 6.03. The van der Waals surface area contributed by atoms with E-state index in [1.807, 2.05) is 6.92 Å². The summed E-state index contributed by atoms with van der Waals surface area (Å²) in [6.45, 7) is 3.98. The summed E-state index contributed by atoms with van der Waals surface area (Å²) in [5.74, 6) is 1.04. The smallest absolute Gasteiger partial charge is 0.246 e. The molecule has 2 N–H and O–H groups in total. The van der Waals surface area contributed by atoms with Crippen molar-refractivity contribution in [3.63, 3.8) is 0 Å². The molecule has 0 saturated carbocycles. The molecule has 86 valence electrons. The maximum absolute atomic E-state index is 6.11. The maximum atomic E-state index is 6.11. The molecule has 0 aromatic carbocycles. The lowest BCUT2D eigenvalue weighted by molar-refractivity contribution is 0.284. The zero-order chi connectivity index (χ0) is 11.6. The quantitative estimate of drug-likeness (QED) is 0.883. The van der Waals surface area contributed by atoms with Crippen LogP contribution in [0.3, 0.4) is 0 Å². The SMILES string of the molecule is CCCC(C)(N)c1nc(-c2cncs2)no1. The van der Waals surface area contributed by atoms with Gasteiger partial charge in [0.2, 0.25) is 11.7 Å². The highest BCUT2D eigenvalue weighted by Gasteiger charge is 2.27. The van der Waals surface area contributed by atoms with Crippen LogP contribution < -0.4 is 5.73 Å².